The maximum absolute atomic E-state index is 13.1. The molecular formula is C16H22FNO4. The van der Waals surface area contributed by atoms with Gasteiger partial charge in [0.1, 0.15) is 11.9 Å². The Labute approximate surface area is 129 Å². The summed E-state index contributed by atoms with van der Waals surface area (Å²) in [4.78, 5) is 12.0. The van der Waals surface area contributed by atoms with Crippen LogP contribution in [0.1, 0.15) is 5.56 Å². The lowest BCUT2D eigenvalue weighted by atomic mass is 9.96. The van der Waals surface area contributed by atoms with Crippen molar-refractivity contribution in [3.63, 3.8) is 0 Å². The van der Waals surface area contributed by atoms with Gasteiger partial charge in [-0.15, -0.1) is 0 Å². The molecule has 0 aromatic heterocycles. The molecule has 1 heterocycles. The van der Waals surface area contributed by atoms with E-state index in [4.69, 9.17) is 14.2 Å². The van der Waals surface area contributed by atoms with Crippen LogP contribution in [0.2, 0.25) is 0 Å². The number of hydrogen-bond acceptors (Lipinski definition) is 4. The molecule has 0 bridgehead atoms. The van der Waals surface area contributed by atoms with Crippen LogP contribution in [-0.4, -0.2) is 52.1 Å². The number of methoxy groups -OCH3 is 2. The van der Waals surface area contributed by atoms with E-state index in [1.807, 2.05) is 0 Å². The van der Waals surface area contributed by atoms with Crippen LogP contribution in [0.3, 0.4) is 0 Å². The van der Waals surface area contributed by atoms with E-state index in [1.54, 1.807) is 26.4 Å². The van der Waals surface area contributed by atoms with E-state index >= 15 is 0 Å². The molecule has 5 nitrogen and oxygen atoms in total. The van der Waals surface area contributed by atoms with Gasteiger partial charge in [-0.25, -0.2) is 4.39 Å². The summed E-state index contributed by atoms with van der Waals surface area (Å²) in [5.41, 5.74) is 0.649. The maximum atomic E-state index is 13.1. The fraction of sp³-hybridized carbons (Fsp3) is 0.562. The largest absolute Gasteiger partial charge is 0.378 e. The number of benzene rings is 1. The number of halogens is 1. The third-order valence-corrected chi connectivity index (χ3v) is 3.84. The molecule has 2 rings (SSSR count). The molecule has 1 aromatic rings. The Morgan fingerprint density at radius 2 is 2.18 bits per heavy atom. The molecule has 0 spiro atoms. The van der Waals surface area contributed by atoms with Crippen molar-refractivity contribution in [1.82, 2.24) is 5.32 Å². The second kappa shape index (κ2) is 8.22. The van der Waals surface area contributed by atoms with Gasteiger partial charge < -0.3 is 19.5 Å². The second-order valence-electron chi connectivity index (χ2n) is 5.38. The van der Waals surface area contributed by atoms with E-state index < -0.39 is 0 Å². The second-order valence-corrected chi connectivity index (χ2v) is 5.38. The summed E-state index contributed by atoms with van der Waals surface area (Å²) < 4.78 is 29.4. The normalized spacial score (nSPS) is 25.0. The van der Waals surface area contributed by atoms with Gasteiger partial charge >= 0.3 is 0 Å². The van der Waals surface area contributed by atoms with E-state index in [0.29, 0.717) is 25.3 Å². The molecule has 1 aromatic carbocycles. The molecule has 0 saturated carbocycles. The van der Waals surface area contributed by atoms with E-state index in [2.05, 4.69) is 5.32 Å². The Balaban J connectivity index is 1.84. The smallest absolute Gasteiger partial charge is 0.224 e. The van der Waals surface area contributed by atoms with Crippen LogP contribution in [0.25, 0.3) is 0 Å². The number of nitrogens with one attached hydrogen (secondary N) is 1. The third kappa shape index (κ3) is 4.50. The van der Waals surface area contributed by atoms with Crippen molar-refractivity contribution >= 4 is 5.91 Å². The van der Waals surface area contributed by atoms with Gasteiger partial charge in [-0.3, -0.25) is 4.79 Å². The fourth-order valence-electron chi connectivity index (χ4n) is 2.69. The number of carbonyl (C=O) groups is 1. The van der Waals surface area contributed by atoms with Gasteiger partial charge in [-0.2, -0.15) is 0 Å². The molecule has 0 unspecified atom stereocenters. The van der Waals surface area contributed by atoms with Gasteiger partial charge in [0.25, 0.3) is 0 Å². The fourth-order valence-corrected chi connectivity index (χ4v) is 2.69. The molecule has 1 N–H and O–H groups in total. The Morgan fingerprint density at radius 3 is 2.86 bits per heavy atom. The van der Waals surface area contributed by atoms with Crippen molar-refractivity contribution in [2.75, 3.05) is 34.0 Å². The highest BCUT2D eigenvalue weighted by Gasteiger charge is 2.34. The SMILES string of the molecule is CO[C@H]1[C@H](CNC(=O)Cc2cccc(F)c2)COC[C@H]1OC. The highest BCUT2D eigenvalue weighted by molar-refractivity contribution is 5.78. The number of hydrogen-bond donors (Lipinski definition) is 1. The van der Waals surface area contributed by atoms with E-state index in [9.17, 15) is 9.18 Å². The number of carbonyl (C=O) groups excluding carboxylic acids is 1. The van der Waals surface area contributed by atoms with Crippen molar-refractivity contribution in [3.05, 3.63) is 35.6 Å². The predicted octanol–water partition coefficient (Wildman–Crippen LogP) is 1.16. The summed E-state index contributed by atoms with van der Waals surface area (Å²) in [5, 5.41) is 2.85. The van der Waals surface area contributed by atoms with Gasteiger partial charge in [0.15, 0.2) is 0 Å². The lowest BCUT2D eigenvalue weighted by Gasteiger charge is -2.36. The summed E-state index contributed by atoms with van der Waals surface area (Å²) in [5.74, 6) is -0.464. The Bertz CT molecular complexity index is 497. The number of ether oxygens (including phenoxy) is 3. The standard InChI is InChI=1S/C16H22FNO4/c1-20-14-10-22-9-12(16(14)21-2)8-18-15(19)7-11-4-3-5-13(17)6-11/h3-6,12,14,16H,7-10H2,1-2H3,(H,18,19)/t12-,14-,16+/m1/s1. The van der Waals surface area contributed by atoms with Crippen LogP contribution < -0.4 is 5.32 Å². The molecule has 3 atom stereocenters. The topological polar surface area (TPSA) is 56.8 Å². The van der Waals surface area contributed by atoms with E-state index in [1.165, 1.54) is 12.1 Å². The van der Waals surface area contributed by atoms with Crippen LogP contribution in [0, 0.1) is 11.7 Å². The molecule has 1 saturated heterocycles. The first-order valence-electron chi connectivity index (χ1n) is 7.28. The average molecular weight is 311 g/mol. The zero-order valence-corrected chi connectivity index (χ0v) is 12.9. The van der Waals surface area contributed by atoms with Crippen LogP contribution >= 0.6 is 0 Å². The van der Waals surface area contributed by atoms with Crippen molar-refractivity contribution < 1.29 is 23.4 Å². The summed E-state index contributed by atoms with van der Waals surface area (Å²) in [6, 6.07) is 6.04. The highest BCUT2D eigenvalue weighted by atomic mass is 19.1. The first kappa shape index (κ1) is 16.9. The minimum absolute atomic E-state index is 0.0279. The van der Waals surface area contributed by atoms with Crippen molar-refractivity contribution in [2.24, 2.45) is 5.92 Å². The lowest BCUT2D eigenvalue weighted by Crippen LogP contribution is -2.50. The van der Waals surface area contributed by atoms with Crippen LogP contribution in [0.5, 0.6) is 0 Å². The highest BCUT2D eigenvalue weighted by Crippen LogP contribution is 2.19. The molecule has 1 fully saturated rings. The van der Waals surface area contributed by atoms with E-state index in [-0.39, 0.29) is 36.3 Å². The van der Waals surface area contributed by atoms with Crippen molar-refractivity contribution in [3.8, 4) is 0 Å². The quantitative estimate of drug-likeness (QED) is 0.856. The third-order valence-electron chi connectivity index (χ3n) is 3.84. The monoisotopic (exact) mass is 311 g/mol. The summed E-state index contributed by atoms with van der Waals surface area (Å²) in [7, 11) is 3.24. The minimum Gasteiger partial charge on any atom is -0.378 e. The first-order chi connectivity index (χ1) is 10.6. The Kier molecular flexibility index (Phi) is 6.30. The molecule has 6 heteroatoms. The molecule has 0 radical (unpaired) electrons. The Hall–Kier alpha value is -1.50. The molecule has 1 amide bonds. The summed E-state index contributed by atoms with van der Waals surface area (Å²) >= 11 is 0. The minimum atomic E-state index is -0.339. The molecule has 1 aliphatic heterocycles. The lowest BCUT2D eigenvalue weighted by molar-refractivity contribution is -0.147. The molecule has 1 aliphatic rings. The van der Waals surface area contributed by atoms with Crippen LogP contribution in [-0.2, 0) is 25.4 Å². The first-order valence-corrected chi connectivity index (χ1v) is 7.28. The van der Waals surface area contributed by atoms with Crippen LogP contribution in [0.4, 0.5) is 4.39 Å². The van der Waals surface area contributed by atoms with Crippen LogP contribution in [0.15, 0.2) is 24.3 Å². The Morgan fingerprint density at radius 1 is 1.36 bits per heavy atom. The summed E-state index contributed by atoms with van der Waals surface area (Å²) in [6.45, 7) is 1.44. The number of rotatable bonds is 6. The zero-order chi connectivity index (χ0) is 15.9. The summed E-state index contributed by atoms with van der Waals surface area (Å²) in [6.07, 6.45) is -0.103. The van der Waals surface area contributed by atoms with Crippen molar-refractivity contribution in [2.45, 2.75) is 18.6 Å². The predicted molar refractivity (Wildman–Crippen MR) is 79.0 cm³/mol. The van der Waals surface area contributed by atoms with Gasteiger partial charge in [0.05, 0.1) is 25.7 Å². The molecule has 0 aliphatic carbocycles. The van der Waals surface area contributed by atoms with Gasteiger partial charge in [-0.05, 0) is 17.7 Å². The van der Waals surface area contributed by atoms with E-state index in [0.717, 1.165) is 0 Å². The van der Waals surface area contributed by atoms with Gasteiger partial charge in [-0.1, -0.05) is 12.1 Å². The molecule has 22 heavy (non-hydrogen) atoms. The maximum Gasteiger partial charge on any atom is 0.224 e. The molecular weight excluding hydrogens is 289 g/mol. The molecule has 122 valence electrons. The number of amides is 1. The van der Waals surface area contributed by atoms with Gasteiger partial charge in [0, 0.05) is 26.7 Å². The zero-order valence-electron chi connectivity index (χ0n) is 12.9. The van der Waals surface area contributed by atoms with Crippen molar-refractivity contribution in [1.29, 1.82) is 0 Å². The van der Waals surface area contributed by atoms with Gasteiger partial charge in [0.2, 0.25) is 5.91 Å². The average Bonchev–Trinajstić information content (AvgIpc) is 2.52.